The van der Waals surface area contributed by atoms with Gasteiger partial charge < -0.3 is 15.2 Å². The predicted molar refractivity (Wildman–Crippen MR) is 106 cm³/mol. The third-order valence-corrected chi connectivity index (χ3v) is 5.36. The first-order valence-electron chi connectivity index (χ1n) is 8.79. The maximum Gasteiger partial charge on any atom is 0.264 e. The molecule has 0 unspecified atom stereocenters. The van der Waals surface area contributed by atoms with Gasteiger partial charge in [0.25, 0.3) is 17.7 Å². The molecule has 29 heavy (non-hydrogen) atoms. The van der Waals surface area contributed by atoms with E-state index in [0.29, 0.717) is 12.4 Å². The highest BCUT2D eigenvalue weighted by Crippen LogP contribution is 2.36. The van der Waals surface area contributed by atoms with Crippen LogP contribution in [0.25, 0.3) is 0 Å². The van der Waals surface area contributed by atoms with Crippen molar-refractivity contribution in [3.05, 3.63) is 47.2 Å². The first-order valence-corrected chi connectivity index (χ1v) is 10.9. The number of hydrogen-bond acceptors (Lipinski definition) is 8. The largest absolute Gasteiger partial charge is 0.491 e. The molecule has 0 bridgehead atoms. The van der Waals surface area contributed by atoms with Crippen LogP contribution in [0.1, 0.15) is 39.4 Å². The van der Waals surface area contributed by atoms with Crippen molar-refractivity contribution in [3.63, 3.8) is 0 Å². The Balaban J connectivity index is 2.13. The standard InChI is InChI=1S/C19H21N3O6S/c1-4-28-17-15(27-2)9-8-13(21-17)14(10-29(3,25)26)22-18(23)11-6-5-7-12(20)16(11)19(22)24/h5-9,14H,4,10,20H2,1-3H3/t14-/m0/s1. The minimum Gasteiger partial charge on any atom is -0.491 e. The monoisotopic (exact) mass is 419 g/mol. The third kappa shape index (κ3) is 3.88. The van der Waals surface area contributed by atoms with Crippen molar-refractivity contribution < 1.29 is 27.5 Å². The number of anilines is 1. The van der Waals surface area contributed by atoms with Crippen molar-refractivity contribution in [2.45, 2.75) is 13.0 Å². The third-order valence-electron chi connectivity index (χ3n) is 4.44. The zero-order chi connectivity index (χ0) is 21.3. The molecular weight excluding hydrogens is 398 g/mol. The van der Waals surface area contributed by atoms with Crippen LogP contribution in [-0.2, 0) is 9.84 Å². The number of nitrogen functional groups attached to an aromatic ring is 1. The Labute approximate surface area is 168 Å². The number of pyridine rings is 1. The van der Waals surface area contributed by atoms with E-state index in [-0.39, 0.29) is 28.4 Å². The second kappa shape index (κ2) is 7.70. The molecule has 2 amide bonds. The molecule has 0 aliphatic carbocycles. The van der Waals surface area contributed by atoms with Gasteiger partial charge in [0.15, 0.2) is 5.75 Å². The molecule has 0 saturated carbocycles. The lowest BCUT2D eigenvalue weighted by Crippen LogP contribution is -2.38. The molecule has 0 radical (unpaired) electrons. The lowest BCUT2D eigenvalue weighted by Gasteiger charge is -2.25. The number of fused-ring (bicyclic) bond motifs is 1. The summed E-state index contributed by atoms with van der Waals surface area (Å²) in [4.78, 5) is 31.2. The van der Waals surface area contributed by atoms with E-state index in [9.17, 15) is 18.0 Å². The van der Waals surface area contributed by atoms with Gasteiger partial charge in [-0.05, 0) is 31.2 Å². The van der Waals surface area contributed by atoms with Crippen molar-refractivity contribution >= 4 is 27.3 Å². The Hall–Kier alpha value is -3.14. The average Bonchev–Trinajstić information content (AvgIpc) is 2.91. The molecule has 1 atom stereocenters. The summed E-state index contributed by atoms with van der Waals surface area (Å²) in [5, 5.41) is 0. The van der Waals surface area contributed by atoms with Crippen LogP contribution in [0.3, 0.4) is 0 Å². The van der Waals surface area contributed by atoms with Crippen LogP contribution in [0.15, 0.2) is 30.3 Å². The van der Waals surface area contributed by atoms with Gasteiger partial charge in [-0.3, -0.25) is 14.5 Å². The smallest absolute Gasteiger partial charge is 0.264 e. The van der Waals surface area contributed by atoms with E-state index in [1.807, 2.05) is 0 Å². The van der Waals surface area contributed by atoms with Crippen molar-refractivity contribution in [1.82, 2.24) is 9.88 Å². The van der Waals surface area contributed by atoms with Crippen molar-refractivity contribution in [2.75, 3.05) is 31.5 Å². The fourth-order valence-electron chi connectivity index (χ4n) is 3.21. The summed E-state index contributed by atoms with van der Waals surface area (Å²) >= 11 is 0. The molecule has 154 valence electrons. The van der Waals surface area contributed by atoms with Crippen LogP contribution >= 0.6 is 0 Å². The Morgan fingerprint density at radius 1 is 1.17 bits per heavy atom. The molecule has 1 aromatic carbocycles. The highest BCUT2D eigenvalue weighted by atomic mass is 32.2. The van der Waals surface area contributed by atoms with Crippen LogP contribution < -0.4 is 15.2 Å². The van der Waals surface area contributed by atoms with E-state index in [1.165, 1.54) is 25.3 Å². The fourth-order valence-corrected chi connectivity index (χ4v) is 4.11. The summed E-state index contributed by atoms with van der Waals surface area (Å²) in [5.74, 6) is -1.29. The normalized spacial score (nSPS) is 14.7. The average molecular weight is 419 g/mol. The highest BCUT2D eigenvalue weighted by molar-refractivity contribution is 7.90. The predicted octanol–water partition coefficient (Wildman–Crippen LogP) is 1.45. The van der Waals surface area contributed by atoms with E-state index >= 15 is 0 Å². The van der Waals surface area contributed by atoms with Crippen LogP contribution in [0.2, 0.25) is 0 Å². The molecular formula is C19H21N3O6S. The van der Waals surface area contributed by atoms with E-state index in [1.54, 1.807) is 19.1 Å². The molecule has 3 rings (SSSR count). The number of rotatable bonds is 7. The Morgan fingerprint density at radius 3 is 2.48 bits per heavy atom. The number of ether oxygens (including phenoxy) is 2. The Bertz CT molecular complexity index is 1080. The molecule has 0 saturated heterocycles. The van der Waals surface area contributed by atoms with Crippen LogP contribution in [-0.4, -0.2) is 55.8 Å². The number of imide groups is 1. The van der Waals surface area contributed by atoms with E-state index in [2.05, 4.69) is 4.98 Å². The van der Waals surface area contributed by atoms with Gasteiger partial charge in [0.05, 0.1) is 42.3 Å². The zero-order valence-corrected chi connectivity index (χ0v) is 17.0. The molecule has 0 spiro atoms. The number of aromatic nitrogens is 1. The zero-order valence-electron chi connectivity index (χ0n) is 16.2. The number of sulfone groups is 1. The van der Waals surface area contributed by atoms with Gasteiger partial charge in [0.2, 0.25) is 0 Å². The summed E-state index contributed by atoms with van der Waals surface area (Å²) in [6.07, 6.45) is 1.03. The first kappa shape index (κ1) is 20.6. The van der Waals surface area contributed by atoms with E-state index < -0.39 is 33.4 Å². The molecule has 9 nitrogen and oxygen atoms in total. The van der Waals surface area contributed by atoms with Crippen LogP contribution in [0, 0.1) is 0 Å². The Kier molecular flexibility index (Phi) is 5.47. The van der Waals surface area contributed by atoms with E-state index in [4.69, 9.17) is 15.2 Å². The van der Waals surface area contributed by atoms with Crippen molar-refractivity contribution in [1.29, 1.82) is 0 Å². The molecule has 10 heteroatoms. The molecule has 2 aromatic rings. The van der Waals surface area contributed by atoms with Gasteiger partial charge in [-0.2, -0.15) is 0 Å². The minimum atomic E-state index is -3.58. The molecule has 1 aliphatic heterocycles. The number of nitrogens with two attached hydrogens (primary N) is 1. The van der Waals surface area contributed by atoms with Crippen molar-refractivity contribution in [2.24, 2.45) is 0 Å². The number of amides is 2. The maximum absolute atomic E-state index is 13.0. The van der Waals surface area contributed by atoms with E-state index in [0.717, 1.165) is 11.2 Å². The van der Waals surface area contributed by atoms with Crippen LogP contribution in [0.4, 0.5) is 5.69 Å². The number of benzene rings is 1. The van der Waals surface area contributed by atoms with Crippen LogP contribution in [0.5, 0.6) is 11.6 Å². The summed E-state index contributed by atoms with van der Waals surface area (Å²) < 4.78 is 34.9. The highest BCUT2D eigenvalue weighted by Gasteiger charge is 2.43. The molecule has 1 aliphatic rings. The van der Waals surface area contributed by atoms with Gasteiger partial charge in [-0.15, -0.1) is 0 Å². The summed E-state index contributed by atoms with van der Waals surface area (Å²) in [5.41, 5.74) is 6.42. The quantitative estimate of drug-likeness (QED) is 0.527. The van der Waals surface area contributed by atoms with Gasteiger partial charge >= 0.3 is 0 Å². The maximum atomic E-state index is 13.0. The SMILES string of the molecule is CCOc1nc([C@H](CS(C)(=O)=O)N2C(=O)c3cccc(N)c3C2=O)ccc1OC. The molecule has 1 aromatic heterocycles. The Morgan fingerprint density at radius 2 is 1.90 bits per heavy atom. The molecule has 2 heterocycles. The second-order valence-corrected chi connectivity index (χ2v) is 8.72. The first-order chi connectivity index (χ1) is 13.7. The lowest BCUT2D eigenvalue weighted by atomic mass is 10.1. The van der Waals surface area contributed by atoms with Gasteiger partial charge in [-0.25, -0.2) is 13.4 Å². The molecule has 0 fully saturated rings. The van der Waals surface area contributed by atoms with Gasteiger partial charge in [-0.1, -0.05) is 6.07 Å². The van der Waals surface area contributed by atoms with Crippen molar-refractivity contribution in [3.8, 4) is 11.6 Å². The summed E-state index contributed by atoms with van der Waals surface area (Å²) in [7, 11) is -2.14. The summed E-state index contributed by atoms with van der Waals surface area (Å²) in [6, 6.07) is 6.46. The number of carbonyl (C=O) groups excluding carboxylic acids is 2. The topological polar surface area (TPSA) is 129 Å². The number of hydrogen-bond donors (Lipinski definition) is 1. The minimum absolute atomic E-state index is 0.0644. The number of carbonyl (C=O) groups is 2. The number of nitrogens with zero attached hydrogens (tertiary/aromatic N) is 2. The molecule has 2 N–H and O–H groups in total. The summed E-state index contributed by atoms with van der Waals surface area (Å²) in [6.45, 7) is 2.06. The fraction of sp³-hybridized carbons (Fsp3) is 0.316. The second-order valence-electron chi connectivity index (χ2n) is 6.53. The van der Waals surface area contributed by atoms with Gasteiger partial charge in [0, 0.05) is 11.9 Å². The lowest BCUT2D eigenvalue weighted by molar-refractivity contribution is 0.0594. The van der Waals surface area contributed by atoms with Gasteiger partial charge in [0.1, 0.15) is 9.84 Å². The number of methoxy groups -OCH3 is 1.